The zero-order chi connectivity index (χ0) is 39.6. The van der Waals surface area contributed by atoms with Gasteiger partial charge in [0.25, 0.3) is 0 Å². The molecular formula is C48H85NO5. The molecule has 0 aromatic heterocycles. The van der Waals surface area contributed by atoms with Crippen molar-refractivity contribution in [2.45, 2.75) is 225 Å². The number of hydrogen-bond donors (Lipinski definition) is 3. The first kappa shape index (κ1) is 51.6. The van der Waals surface area contributed by atoms with Crippen molar-refractivity contribution in [2.75, 3.05) is 6.61 Å². The molecule has 3 N–H and O–H groups in total. The van der Waals surface area contributed by atoms with Crippen LogP contribution in [0.25, 0.3) is 0 Å². The van der Waals surface area contributed by atoms with Gasteiger partial charge in [0.2, 0.25) is 5.91 Å². The van der Waals surface area contributed by atoms with E-state index < -0.39 is 18.2 Å². The van der Waals surface area contributed by atoms with E-state index in [0.717, 1.165) is 83.5 Å². The number of esters is 1. The molecule has 3 atom stereocenters. The molecule has 0 aliphatic rings. The summed E-state index contributed by atoms with van der Waals surface area (Å²) < 4.78 is 5.86. The second-order valence-electron chi connectivity index (χ2n) is 15.2. The van der Waals surface area contributed by atoms with Crippen LogP contribution in [-0.2, 0) is 14.3 Å². The highest BCUT2D eigenvalue weighted by atomic mass is 16.5. The predicted octanol–water partition coefficient (Wildman–Crippen LogP) is 12.9. The Morgan fingerprint density at radius 1 is 0.556 bits per heavy atom. The standard InChI is InChI=1S/C48H85NO5/c1-4-7-10-13-16-19-21-23-25-28-31-34-37-40-46(51)45(43-50)49-47(52)42-44(39-36-33-30-27-18-15-12-9-6-3)54-48(53)41-38-35-32-29-26-24-22-20-17-14-11-8-5-2/h8,11,14-15,17-18,20,22,24,26,44-46,50-51H,4-7,9-10,12-13,16,19,21,23,25,27-43H2,1-3H3,(H,49,52)/b11-8+,17-14+,18-15-,22-20-,26-24-. The summed E-state index contributed by atoms with van der Waals surface area (Å²) in [6, 6.07) is -0.713. The van der Waals surface area contributed by atoms with E-state index in [-0.39, 0.29) is 24.9 Å². The molecule has 0 aliphatic heterocycles. The normalized spacial score (nSPS) is 13.9. The maximum absolute atomic E-state index is 13.1. The van der Waals surface area contributed by atoms with Crippen molar-refractivity contribution < 1.29 is 24.5 Å². The zero-order valence-corrected chi connectivity index (χ0v) is 35.3. The summed E-state index contributed by atoms with van der Waals surface area (Å²) in [5.41, 5.74) is 0. The number of carbonyl (C=O) groups is 2. The number of carbonyl (C=O) groups excluding carboxylic acids is 2. The van der Waals surface area contributed by atoms with Gasteiger partial charge in [0, 0.05) is 6.42 Å². The Hall–Kier alpha value is -2.44. The van der Waals surface area contributed by atoms with Crippen LogP contribution in [0.2, 0.25) is 0 Å². The lowest BCUT2D eigenvalue weighted by molar-refractivity contribution is -0.151. The number of hydrogen-bond acceptors (Lipinski definition) is 5. The van der Waals surface area contributed by atoms with Crippen molar-refractivity contribution in [1.29, 1.82) is 0 Å². The minimum absolute atomic E-state index is 0.0486. The van der Waals surface area contributed by atoms with Crippen LogP contribution in [0.5, 0.6) is 0 Å². The number of nitrogens with one attached hydrogen (secondary N) is 1. The van der Waals surface area contributed by atoms with E-state index in [2.05, 4.69) is 56.5 Å². The number of amides is 1. The maximum atomic E-state index is 13.1. The highest BCUT2D eigenvalue weighted by Gasteiger charge is 2.24. The van der Waals surface area contributed by atoms with Crippen molar-refractivity contribution in [1.82, 2.24) is 5.32 Å². The van der Waals surface area contributed by atoms with Gasteiger partial charge in [-0.05, 0) is 64.2 Å². The van der Waals surface area contributed by atoms with Crippen LogP contribution in [0.1, 0.15) is 207 Å². The number of aliphatic hydroxyl groups is 2. The van der Waals surface area contributed by atoms with Gasteiger partial charge in [0.15, 0.2) is 0 Å². The van der Waals surface area contributed by atoms with E-state index >= 15 is 0 Å². The predicted molar refractivity (Wildman–Crippen MR) is 232 cm³/mol. The molecule has 0 aromatic rings. The summed E-state index contributed by atoms with van der Waals surface area (Å²) in [4.78, 5) is 25.9. The van der Waals surface area contributed by atoms with Crippen molar-refractivity contribution in [3.8, 4) is 0 Å². The molecule has 0 bridgehead atoms. The molecule has 0 radical (unpaired) electrons. The van der Waals surface area contributed by atoms with E-state index in [1.165, 1.54) is 77.0 Å². The van der Waals surface area contributed by atoms with Crippen molar-refractivity contribution in [3.05, 3.63) is 60.8 Å². The molecule has 0 aromatic carbocycles. The van der Waals surface area contributed by atoms with Gasteiger partial charge >= 0.3 is 5.97 Å². The van der Waals surface area contributed by atoms with Gasteiger partial charge in [-0.25, -0.2) is 0 Å². The lowest BCUT2D eigenvalue weighted by Crippen LogP contribution is -2.46. The SMILES string of the molecule is CC/C=C/C=C/C=C\C=C/CCCCCC(=O)OC(CCCCC/C=C\CCCC)CC(=O)NC(CO)C(O)CCCCCCCCCCCCCCC. The van der Waals surface area contributed by atoms with Gasteiger partial charge in [0.1, 0.15) is 6.10 Å². The molecule has 0 heterocycles. The Bertz CT molecular complexity index is 984. The summed E-state index contributed by atoms with van der Waals surface area (Å²) in [7, 11) is 0. The first-order chi connectivity index (χ1) is 26.5. The molecule has 0 saturated heterocycles. The molecule has 6 nitrogen and oxygen atoms in total. The van der Waals surface area contributed by atoms with Crippen LogP contribution in [-0.4, -0.2) is 46.9 Å². The number of ether oxygens (including phenoxy) is 1. The van der Waals surface area contributed by atoms with Gasteiger partial charge < -0.3 is 20.3 Å². The van der Waals surface area contributed by atoms with E-state index in [0.29, 0.717) is 19.3 Å². The van der Waals surface area contributed by atoms with Crippen LogP contribution in [0.4, 0.5) is 0 Å². The second kappa shape index (κ2) is 41.7. The first-order valence-corrected chi connectivity index (χ1v) is 22.6. The molecule has 54 heavy (non-hydrogen) atoms. The Balaban J connectivity index is 4.60. The zero-order valence-electron chi connectivity index (χ0n) is 35.3. The average Bonchev–Trinajstić information content (AvgIpc) is 3.16. The third-order valence-electron chi connectivity index (χ3n) is 9.93. The van der Waals surface area contributed by atoms with Gasteiger partial charge in [-0.15, -0.1) is 0 Å². The summed E-state index contributed by atoms with van der Waals surface area (Å²) in [5.74, 6) is -0.543. The summed E-state index contributed by atoms with van der Waals surface area (Å²) >= 11 is 0. The fourth-order valence-electron chi connectivity index (χ4n) is 6.48. The highest BCUT2D eigenvalue weighted by Crippen LogP contribution is 2.17. The second-order valence-corrected chi connectivity index (χ2v) is 15.2. The number of rotatable bonds is 39. The number of aliphatic hydroxyl groups excluding tert-OH is 2. The number of unbranched alkanes of at least 4 members (excludes halogenated alkanes) is 20. The maximum Gasteiger partial charge on any atom is 0.306 e. The minimum Gasteiger partial charge on any atom is -0.462 e. The summed E-state index contributed by atoms with van der Waals surface area (Å²) in [5, 5.41) is 23.6. The molecule has 0 spiro atoms. The van der Waals surface area contributed by atoms with Crippen molar-refractivity contribution in [2.24, 2.45) is 0 Å². The van der Waals surface area contributed by atoms with Gasteiger partial charge in [-0.1, -0.05) is 191 Å². The Morgan fingerprint density at radius 2 is 1.04 bits per heavy atom. The summed E-state index contributed by atoms with van der Waals surface area (Å²) in [6.07, 6.45) is 50.0. The highest BCUT2D eigenvalue weighted by molar-refractivity contribution is 5.77. The third kappa shape index (κ3) is 36.5. The molecule has 3 unspecified atom stereocenters. The van der Waals surface area contributed by atoms with Crippen LogP contribution in [0, 0.1) is 0 Å². The fourth-order valence-corrected chi connectivity index (χ4v) is 6.48. The molecule has 0 fully saturated rings. The lowest BCUT2D eigenvalue weighted by Gasteiger charge is -2.24. The quantitative estimate of drug-likeness (QED) is 0.0251. The van der Waals surface area contributed by atoms with Crippen molar-refractivity contribution >= 4 is 11.9 Å². The molecular weight excluding hydrogens is 671 g/mol. The fraction of sp³-hybridized carbons (Fsp3) is 0.750. The van der Waals surface area contributed by atoms with E-state index in [1.54, 1.807) is 0 Å². The molecule has 0 aliphatic carbocycles. The monoisotopic (exact) mass is 756 g/mol. The van der Waals surface area contributed by atoms with Crippen LogP contribution in [0.15, 0.2) is 60.8 Å². The smallest absolute Gasteiger partial charge is 0.306 e. The third-order valence-corrected chi connectivity index (χ3v) is 9.93. The molecule has 312 valence electrons. The van der Waals surface area contributed by atoms with E-state index in [4.69, 9.17) is 4.74 Å². The molecule has 0 rings (SSSR count). The molecule has 6 heteroatoms. The number of allylic oxidation sites excluding steroid dienone is 10. The first-order valence-electron chi connectivity index (χ1n) is 22.6. The van der Waals surface area contributed by atoms with Crippen LogP contribution < -0.4 is 5.32 Å². The van der Waals surface area contributed by atoms with Crippen LogP contribution >= 0.6 is 0 Å². The van der Waals surface area contributed by atoms with Gasteiger partial charge in [-0.2, -0.15) is 0 Å². The Morgan fingerprint density at radius 3 is 1.63 bits per heavy atom. The van der Waals surface area contributed by atoms with E-state index in [1.807, 2.05) is 30.4 Å². The molecule has 0 saturated carbocycles. The van der Waals surface area contributed by atoms with E-state index in [9.17, 15) is 19.8 Å². The lowest BCUT2D eigenvalue weighted by atomic mass is 10.0. The Kier molecular flexibility index (Phi) is 39.8. The topological polar surface area (TPSA) is 95.9 Å². The van der Waals surface area contributed by atoms with Gasteiger partial charge in [0.05, 0.1) is 25.2 Å². The summed E-state index contributed by atoms with van der Waals surface area (Å²) in [6.45, 7) is 6.26. The van der Waals surface area contributed by atoms with Gasteiger partial charge in [-0.3, -0.25) is 9.59 Å². The van der Waals surface area contributed by atoms with Crippen molar-refractivity contribution in [3.63, 3.8) is 0 Å². The largest absolute Gasteiger partial charge is 0.462 e. The minimum atomic E-state index is -0.797. The van der Waals surface area contributed by atoms with Crippen LogP contribution in [0.3, 0.4) is 0 Å². The molecule has 1 amide bonds. The average molecular weight is 756 g/mol. The Labute approximate surface area is 333 Å².